The van der Waals surface area contributed by atoms with Gasteiger partial charge in [-0.3, -0.25) is 9.78 Å². The van der Waals surface area contributed by atoms with E-state index in [1.54, 1.807) is 29.4 Å². The minimum Gasteiger partial charge on any atom is -0.490 e. The van der Waals surface area contributed by atoms with E-state index in [1.807, 2.05) is 20.0 Å². The smallest absolute Gasteiger partial charge is 0.246 e. The van der Waals surface area contributed by atoms with Crippen molar-refractivity contribution in [2.24, 2.45) is 0 Å². The number of carbonyl (C=O) groups excluding carboxylic acids is 1. The minimum atomic E-state index is -0.384. The summed E-state index contributed by atoms with van der Waals surface area (Å²) in [4.78, 5) is 24.5. The third-order valence-electron chi connectivity index (χ3n) is 8.53. The van der Waals surface area contributed by atoms with E-state index in [0.717, 1.165) is 74.5 Å². The van der Waals surface area contributed by atoms with Crippen LogP contribution in [0, 0.1) is 5.82 Å². The molecule has 7 rings (SSSR count). The highest BCUT2D eigenvalue weighted by Gasteiger charge is 2.25. The predicted molar refractivity (Wildman–Crippen MR) is 187 cm³/mol. The lowest BCUT2D eigenvalue weighted by Crippen LogP contribution is -2.35. The molecule has 3 aromatic heterocycles. The molecule has 2 aliphatic heterocycles. The molecule has 5 aromatic rings. The van der Waals surface area contributed by atoms with Crippen molar-refractivity contribution >= 4 is 27.3 Å². The number of ether oxygens (including phenoxy) is 2. The standard InChI is InChI=1S/C36H33FN4O3S.C2H6/c1-3-32(42)41-12-9-30-26(21-41)17-25(20-39-30)35-33(28-7-6-27(37)18-31(28)44-14-13-43-2)36-29(10-15-45-36)34(40-35)23-4-5-24-19-38-11-8-22(24)16-23;1-2/h3-7,10,15-18,20,38H,1,8-9,11-14,19,21H2,2H3;1-2H3. The molecule has 0 saturated heterocycles. The summed E-state index contributed by atoms with van der Waals surface area (Å²) in [7, 11) is 1.61. The summed E-state index contributed by atoms with van der Waals surface area (Å²) in [6.45, 7) is 11.2. The van der Waals surface area contributed by atoms with Crippen LogP contribution in [0.2, 0.25) is 0 Å². The molecule has 0 fully saturated rings. The largest absolute Gasteiger partial charge is 0.490 e. The van der Waals surface area contributed by atoms with Gasteiger partial charge in [0, 0.05) is 83.5 Å². The molecule has 0 radical (unpaired) electrons. The van der Waals surface area contributed by atoms with Crippen LogP contribution in [0.25, 0.3) is 43.7 Å². The topological polar surface area (TPSA) is 76.6 Å². The van der Waals surface area contributed by atoms with Crippen molar-refractivity contribution in [3.05, 3.63) is 101 Å². The maximum absolute atomic E-state index is 14.6. The Hall–Kier alpha value is -4.44. The molecule has 0 saturated carbocycles. The number of rotatable bonds is 8. The summed E-state index contributed by atoms with van der Waals surface area (Å²) in [6.07, 6.45) is 4.86. The molecule has 2 aliphatic rings. The lowest BCUT2D eigenvalue weighted by Gasteiger charge is -2.27. The first-order chi connectivity index (χ1) is 23.0. The molecule has 1 N–H and O–H groups in total. The van der Waals surface area contributed by atoms with Crippen LogP contribution in [-0.2, 0) is 35.5 Å². The second-order valence-corrected chi connectivity index (χ2v) is 12.2. The Bertz CT molecular complexity index is 1940. The number of pyridine rings is 2. The fourth-order valence-corrected chi connectivity index (χ4v) is 7.21. The molecule has 0 unspecified atom stereocenters. The normalized spacial score (nSPS) is 13.7. The maximum Gasteiger partial charge on any atom is 0.246 e. The third kappa shape index (κ3) is 6.56. The number of aromatic nitrogens is 2. The molecule has 9 heteroatoms. The van der Waals surface area contributed by atoms with Crippen molar-refractivity contribution in [3.63, 3.8) is 0 Å². The van der Waals surface area contributed by atoms with Crippen LogP contribution < -0.4 is 10.1 Å². The highest BCUT2D eigenvalue weighted by molar-refractivity contribution is 7.18. The Morgan fingerprint density at radius 3 is 2.72 bits per heavy atom. The van der Waals surface area contributed by atoms with E-state index >= 15 is 0 Å². The van der Waals surface area contributed by atoms with Gasteiger partial charge in [-0.1, -0.05) is 32.6 Å². The van der Waals surface area contributed by atoms with Gasteiger partial charge in [-0.05, 0) is 71.4 Å². The Kier molecular flexibility index (Phi) is 10.1. The van der Waals surface area contributed by atoms with E-state index in [1.165, 1.54) is 29.3 Å². The number of nitrogens with one attached hydrogen (secondary N) is 1. The average molecular weight is 651 g/mol. The molecular weight excluding hydrogens is 612 g/mol. The zero-order chi connectivity index (χ0) is 32.9. The van der Waals surface area contributed by atoms with E-state index in [-0.39, 0.29) is 18.3 Å². The molecular formula is C38H39FN4O3S. The van der Waals surface area contributed by atoms with Crippen LogP contribution in [0.4, 0.5) is 4.39 Å². The summed E-state index contributed by atoms with van der Waals surface area (Å²) in [6, 6.07) is 15.4. The number of halogens is 1. The first-order valence-electron chi connectivity index (χ1n) is 16.1. The molecule has 1 amide bonds. The summed E-state index contributed by atoms with van der Waals surface area (Å²) >= 11 is 1.62. The second kappa shape index (κ2) is 14.5. The van der Waals surface area contributed by atoms with E-state index < -0.39 is 0 Å². The highest BCUT2D eigenvalue weighted by Crippen LogP contribution is 2.46. The number of fused-ring (bicyclic) bond motifs is 3. The van der Waals surface area contributed by atoms with Gasteiger partial charge in [-0.2, -0.15) is 0 Å². The van der Waals surface area contributed by atoms with E-state index in [0.29, 0.717) is 31.9 Å². The molecule has 0 bridgehead atoms. The number of hydrogen-bond acceptors (Lipinski definition) is 7. The van der Waals surface area contributed by atoms with Gasteiger partial charge in [0.05, 0.1) is 18.0 Å². The van der Waals surface area contributed by atoms with E-state index in [4.69, 9.17) is 19.4 Å². The van der Waals surface area contributed by atoms with Crippen LogP contribution in [0.15, 0.2) is 72.8 Å². The predicted octanol–water partition coefficient (Wildman–Crippen LogP) is 7.60. The van der Waals surface area contributed by atoms with Gasteiger partial charge in [0.1, 0.15) is 18.2 Å². The van der Waals surface area contributed by atoms with Crippen molar-refractivity contribution in [1.29, 1.82) is 0 Å². The van der Waals surface area contributed by atoms with Gasteiger partial charge in [-0.15, -0.1) is 11.3 Å². The SMILES string of the molecule is C=CC(=O)N1CCc2ncc(-c3nc(-c4ccc5c(c4)CCNC5)c4ccsc4c3-c3ccc(F)cc3OCCOC)cc2C1.CC. The van der Waals surface area contributed by atoms with Crippen LogP contribution in [-0.4, -0.2) is 54.2 Å². The quantitative estimate of drug-likeness (QED) is 0.138. The number of carbonyl (C=O) groups is 1. The van der Waals surface area contributed by atoms with Crippen LogP contribution in [0.5, 0.6) is 5.75 Å². The first-order valence-corrected chi connectivity index (χ1v) is 17.0. The van der Waals surface area contributed by atoms with Gasteiger partial charge < -0.3 is 19.7 Å². The number of thiophene rings is 1. The maximum atomic E-state index is 14.6. The van der Waals surface area contributed by atoms with Crippen molar-refractivity contribution in [2.75, 3.05) is 33.4 Å². The Morgan fingerprint density at radius 2 is 1.89 bits per heavy atom. The van der Waals surface area contributed by atoms with Crippen molar-refractivity contribution < 1.29 is 18.7 Å². The number of methoxy groups -OCH3 is 1. The van der Waals surface area contributed by atoms with Gasteiger partial charge >= 0.3 is 0 Å². The molecule has 0 spiro atoms. The third-order valence-corrected chi connectivity index (χ3v) is 9.46. The van der Waals surface area contributed by atoms with Gasteiger partial charge in [-0.25, -0.2) is 9.37 Å². The Morgan fingerprint density at radius 1 is 1.04 bits per heavy atom. The molecule has 242 valence electrons. The molecule has 2 aromatic carbocycles. The fourth-order valence-electron chi connectivity index (χ4n) is 6.26. The van der Waals surface area contributed by atoms with Gasteiger partial charge in [0.15, 0.2) is 0 Å². The van der Waals surface area contributed by atoms with E-state index in [9.17, 15) is 9.18 Å². The average Bonchev–Trinajstić information content (AvgIpc) is 3.61. The fraction of sp³-hybridized carbons (Fsp3) is 0.289. The number of amides is 1. The van der Waals surface area contributed by atoms with Gasteiger partial charge in [0.25, 0.3) is 0 Å². The van der Waals surface area contributed by atoms with Crippen LogP contribution in [0.3, 0.4) is 0 Å². The lowest BCUT2D eigenvalue weighted by molar-refractivity contribution is -0.126. The highest BCUT2D eigenvalue weighted by atomic mass is 32.1. The first kappa shape index (κ1) is 32.5. The summed E-state index contributed by atoms with van der Waals surface area (Å²) < 4.78 is 26.9. The van der Waals surface area contributed by atoms with Crippen molar-refractivity contribution in [2.45, 2.75) is 39.8 Å². The molecule has 0 atom stereocenters. The molecule has 7 nitrogen and oxygen atoms in total. The monoisotopic (exact) mass is 650 g/mol. The summed E-state index contributed by atoms with van der Waals surface area (Å²) in [5.74, 6) is -0.0582. The van der Waals surface area contributed by atoms with Gasteiger partial charge in [0.2, 0.25) is 5.91 Å². The van der Waals surface area contributed by atoms with Crippen LogP contribution in [0.1, 0.15) is 36.2 Å². The Balaban J connectivity index is 0.00000190. The zero-order valence-electron chi connectivity index (χ0n) is 27.1. The second-order valence-electron chi connectivity index (χ2n) is 11.3. The minimum absolute atomic E-state index is 0.0982. The number of benzene rings is 2. The molecule has 5 heterocycles. The summed E-state index contributed by atoms with van der Waals surface area (Å²) in [5.41, 5.74) is 9.68. The lowest BCUT2D eigenvalue weighted by atomic mass is 9.92. The summed E-state index contributed by atoms with van der Waals surface area (Å²) in [5, 5.41) is 6.55. The van der Waals surface area contributed by atoms with E-state index in [2.05, 4.69) is 47.6 Å². The molecule has 0 aliphatic carbocycles. The van der Waals surface area contributed by atoms with Crippen LogP contribution >= 0.6 is 11.3 Å². The van der Waals surface area contributed by atoms with Crippen molar-refractivity contribution in [3.8, 4) is 39.4 Å². The zero-order valence-corrected chi connectivity index (χ0v) is 27.9. The van der Waals surface area contributed by atoms with Crippen molar-refractivity contribution in [1.82, 2.24) is 20.2 Å². The Labute approximate surface area is 279 Å². The number of hydrogen-bond donors (Lipinski definition) is 1. The molecule has 47 heavy (non-hydrogen) atoms. The number of nitrogens with zero attached hydrogens (tertiary/aromatic N) is 3.